The third kappa shape index (κ3) is 4.38. The second kappa shape index (κ2) is 7.68. The lowest BCUT2D eigenvalue weighted by Crippen LogP contribution is -2.13. The second-order valence-corrected chi connectivity index (χ2v) is 6.53. The van der Waals surface area contributed by atoms with Crippen molar-refractivity contribution in [3.05, 3.63) is 58.8 Å². The highest BCUT2D eigenvalue weighted by molar-refractivity contribution is 6.39. The second-order valence-electron chi connectivity index (χ2n) is 5.72. The number of aromatic nitrogens is 3. The average Bonchev–Trinajstić information content (AvgIpc) is 2.58. The molecule has 0 spiro atoms. The predicted octanol–water partition coefficient (Wildman–Crippen LogP) is 5.41. The largest absolute Gasteiger partial charge is 0.352 e. The molecule has 1 aromatic carbocycles. The fourth-order valence-corrected chi connectivity index (χ4v) is 2.74. The van der Waals surface area contributed by atoms with Gasteiger partial charge >= 0.3 is 0 Å². The first-order valence-electron chi connectivity index (χ1n) is 7.80. The first-order chi connectivity index (χ1) is 12.0. The molecule has 0 radical (unpaired) electrons. The van der Waals surface area contributed by atoms with Gasteiger partial charge in [-0.05, 0) is 38.1 Å². The molecule has 0 bridgehead atoms. The summed E-state index contributed by atoms with van der Waals surface area (Å²) in [6, 6.07) is 11.2. The van der Waals surface area contributed by atoms with E-state index in [1.807, 2.05) is 32.0 Å². The van der Waals surface area contributed by atoms with Gasteiger partial charge < -0.3 is 10.6 Å². The topological polar surface area (TPSA) is 62.7 Å². The lowest BCUT2D eigenvalue weighted by Gasteiger charge is -2.14. The van der Waals surface area contributed by atoms with Gasteiger partial charge in [0.2, 0.25) is 5.95 Å². The van der Waals surface area contributed by atoms with Crippen molar-refractivity contribution in [2.75, 3.05) is 10.6 Å². The molecule has 3 rings (SSSR count). The van der Waals surface area contributed by atoms with E-state index in [2.05, 4.69) is 25.6 Å². The number of nitrogens with zero attached hydrogens (tertiary/aromatic N) is 3. The van der Waals surface area contributed by atoms with Gasteiger partial charge in [0, 0.05) is 30.1 Å². The number of hydrogen-bond donors (Lipinski definition) is 2. The van der Waals surface area contributed by atoms with Crippen molar-refractivity contribution in [2.24, 2.45) is 0 Å². The third-order valence-corrected chi connectivity index (χ3v) is 3.97. The Hall–Kier alpha value is -2.37. The van der Waals surface area contributed by atoms with Crippen LogP contribution in [-0.4, -0.2) is 21.0 Å². The van der Waals surface area contributed by atoms with Crippen molar-refractivity contribution in [2.45, 2.75) is 19.9 Å². The Morgan fingerprint density at radius 3 is 2.28 bits per heavy atom. The monoisotopic (exact) mass is 373 g/mol. The zero-order valence-electron chi connectivity index (χ0n) is 13.8. The van der Waals surface area contributed by atoms with E-state index in [0.717, 1.165) is 11.3 Å². The molecule has 0 aliphatic carbocycles. The van der Waals surface area contributed by atoms with Crippen LogP contribution in [0.5, 0.6) is 0 Å². The number of para-hydroxylation sites is 1. The van der Waals surface area contributed by atoms with Crippen molar-refractivity contribution in [3.8, 4) is 11.3 Å². The van der Waals surface area contributed by atoms with Crippen molar-refractivity contribution >= 4 is 40.7 Å². The molecule has 3 aromatic rings. The van der Waals surface area contributed by atoms with E-state index in [9.17, 15) is 0 Å². The molecule has 0 fully saturated rings. The van der Waals surface area contributed by atoms with Crippen molar-refractivity contribution in [1.82, 2.24) is 15.0 Å². The normalized spacial score (nSPS) is 10.8. The lowest BCUT2D eigenvalue weighted by molar-refractivity contribution is 0.876. The summed E-state index contributed by atoms with van der Waals surface area (Å²) in [5.41, 5.74) is 2.32. The van der Waals surface area contributed by atoms with Crippen LogP contribution in [-0.2, 0) is 0 Å². The zero-order valence-corrected chi connectivity index (χ0v) is 15.3. The van der Waals surface area contributed by atoms with Gasteiger partial charge in [-0.25, -0.2) is 4.98 Å². The minimum Gasteiger partial charge on any atom is -0.352 e. The molecule has 0 atom stereocenters. The highest BCUT2D eigenvalue weighted by Gasteiger charge is 2.11. The number of benzene rings is 1. The SMILES string of the molecule is CC(C)Nc1nc(Nc2c(Cl)cccc2Cl)cc(-c2ccncc2)n1. The summed E-state index contributed by atoms with van der Waals surface area (Å²) in [6.07, 6.45) is 3.45. The van der Waals surface area contributed by atoms with Crippen molar-refractivity contribution < 1.29 is 0 Å². The molecule has 0 aliphatic rings. The molecule has 5 nitrogen and oxygen atoms in total. The maximum Gasteiger partial charge on any atom is 0.225 e. The van der Waals surface area contributed by atoms with E-state index in [1.165, 1.54) is 0 Å². The average molecular weight is 374 g/mol. The molecule has 128 valence electrons. The third-order valence-electron chi connectivity index (χ3n) is 3.34. The van der Waals surface area contributed by atoms with Crippen LogP contribution in [0, 0.1) is 0 Å². The highest BCUT2D eigenvalue weighted by Crippen LogP contribution is 2.33. The van der Waals surface area contributed by atoms with Gasteiger partial charge in [0.25, 0.3) is 0 Å². The first-order valence-corrected chi connectivity index (χ1v) is 8.55. The van der Waals surface area contributed by atoms with E-state index in [0.29, 0.717) is 27.5 Å². The van der Waals surface area contributed by atoms with E-state index >= 15 is 0 Å². The smallest absolute Gasteiger partial charge is 0.225 e. The van der Waals surface area contributed by atoms with Crippen LogP contribution in [0.1, 0.15) is 13.8 Å². The van der Waals surface area contributed by atoms with Crippen LogP contribution in [0.3, 0.4) is 0 Å². The van der Waals surface area contributed by atoms with Crippen LogP contribution in [0.25, 0.3) is 11.3 Å². The minimum atomic E-state index is 0.199. The highest BCUT2D eigenvalue weighted by atomic mass is 35.5. The molecule has 0 saturated carbocycles. The molecule has 2 heterocycles. The van der Waals surface area contributed by atoms with Gasteiger partial charge in [-0.3, -0.25) is 4.98 Å². The molecule has 25 heavy (non-hydrogen) atoms. The lowest BCUT2D eigenvalue weighted by atomic mass is 10.2. The summed E-state index contributed by atoms with van der Waals surface area (Å²) in [7, 11) is 0. The number of pyridine rings is 1. The Balaban J connectivity index is 2.03. The van der Waals surface area contributed by atoms with Crippen LogP contribution in [0.2, 0.25) is 10.0 Å². The minimum absolute atomic E-state index is 0.199. The molecule has 0 aliphatic heterocycles. The molecule has 7 heteroatoms. The quantitative estimate of drug-likeness (QED) is 0.625. The molecule has 0 saturated heterocycles. The Morgan fingerprint density at radius 1 is 0.960 bits per heavy atom. The Kier molecular flexibility index (Phi) is 5.36. The van der Waals surface area contributed by atoms with Crippen LogP contribution < -0.4 is 10.6 Å². The van der Waals surface area contributed by atoms with E-state index in [1.54, 1.807) is 30.6 Å². The molecule has 2 N–H and O–H groups in total. The van der Waals surface area contributed by atoms with Crippen LogP contribution in [0.4, 0.5) is 17.5 Å². The van der Waals surface area contributed by atoms with E-state index in [-0.39, 0.29) is 6.04 Å². The first kappa shape index (κ1) is 17.5. The molecule has 0 amide bonds. The fraction of sp³-hybridized carbons (Fsp3) is 0.167. The maximum atomic E-state index is 6.25. The summed E-state index contributed by atoms with van der Waals surface area (Å²) in [6.45, 7) is 4.06. The summed E-state index contributed by atoms with van der Waals surface area (Å²) in [5.74, 6) is 1.12. The van der Waals surface area contributed by atoms with Crippen molar-refractivity contribution in [3.63, 3.8) is 0 Å². The standard InChI is InChI=1S/C18H17Cl2N5/c1-11(2)22-18-23-15(12-6-8-21-9-7-12)10-16(25-18)24-17-13(19)4-3-5-14(17)20/h3-11H,1-2H3,(H2,22,23,24,25). The van der Waals surface area contributed by atoms with Gasteiger partial charge in [0.1, 0.15) is 5.82 Å². The summed E-state index contributed by atoms with van der Waals surface area (Å²) in [5, 5.41) is 7.47. The van der Waals surface area contributed by atoms with Gasteiger partial charge in [0.05, 0.1) is 21.4 Å². The Bertz CT molecular complexity index is 848. The number of anilines is 3. The maximum absolute atomic E-state index is 6.25. The van der Waals surface area contributed by atoms with E-state index in [4.69, 9.17) is 23.2 Å². The summed E-state index contributed by atoms with van der Waals surface area (Å²) in [4.78, 5) is 13.1. The Labute approximate surface area is 156 Å². The summed E-state index contributed by atoms with van der Waals surface area (Å²) >= 11 is 12.5. The zero-order chi connectivity index (χ0) is 17.8. The molecular formula is C18H17Cl2N5. The number of nitrogens with one attached hydrogen (secondary N) is 2. The number of hydrogen-bond acceptors (Lipinski definition) is 5. The van der Waals surface area contributed by atoms with Gasteiger partial charge in [-0.1, -0.05) is 29.3 Å². The molecule has 0 unspecified atom stereocenters. The number of halogens is 2. The fourth-order valence-electron chi connectivity index (χ4n) is 2.25. The van der Waals surface area contributed by atoms with Gasteiger partial charge in [-0.2, -0.15) is 4.98 Å². The molecule has 2 aromatic heterocycles. The number of rotatable bonds is 5. The van der Waals surface area contributed by atoms with Gasteiger partial charge in [-0.15, -0.1) is 0 Å². The van der Waals surface area contributed by atoms with Crippen LogP contribution >= 0.6 is 23.2 Å². The molecular weight excluding hydrogens is 357 g/mol. The van der Waals surface area contributed by atoms with Crippen LogP contribution in [0.15, 0.2) is 48.8 Å². The predicted molar refractivity (Wildman–Crippen MR) is 104 cm³/mol. The van der Waals surface area contributed by atoms with Crippen molar-refractivity contribution in [1.29, 1.82) is 0 Å². The Morgan fingerprint density at radius 2 is 1.64 bits per heavy atom. The van der Waals surface area contributed by atoms with E-state index < -0.39 is 0 Å². The summed E-state index contributed by atoms with van der Waals surface area (Å²) < 4.78 is 0. The van der Waals surface area contributed by atoms with Gasteiger partial charge in [0.15, 0.2) is 0 Å².